The SMILES string of the molecule is C=C(c1csc(C)c1)c1c(O)ccc2ccccc12. The van der Waals surface area contributed by atoms with E-state index in [1.807, 2.05) is 30.3 Å². The molecule has 3 aromatic rings. The van der Waals surface area contributed by atoms with E-state index in [0.29, 0.717) is 0 Å². The number of phenolic OH excluding ortho intramolecular Hbond substituents is 1. The Kier molecular flexibility index (Phi) is 2.88. The Balaban J connectivity index is 2.24. The van der Waals surface area contributed by atoms with Crippen molar-refractivity contribution in [1.82, 2.24) is 0 Å². The van der Waals surface area contributed by atoms with Gasteiger partial charge in [-0.15, -0.1) is 11.3 Å². The van der Waals surface area contributed by atoms with E-state index in [1.165, 1.54) is 4.88 Å². The molecule has 1 heterocycles. The van der Waals surface area contributed by atoms with Crippen molar-refractivity contribution < 1.29 is 5.11 Å². The molecule has 0 unspecified atom stereocenters. The van der Waals surface area contributed by atoms with Crippen molar-refractivity contribution in [2.24, 2.45) is 0 Å². The Morgan fingerprint density at radius 2 is 1.95 bits per heavy atom. The number of fused-ring (bicyclic) bond motifs is 1. The Bertz CT molecular complexity index is 768. The Labute approximate surface area is 116 Å². The largest absolute Gasteiger partial charge is 0.507 e. The monoisotopic (exact) mass is 266 g/mol. The van der Waals surface area contributed by atoms with Crippen LogP contribution in [0.15, 0.2) is 54.4 Å². The molecule has 2 aromatic carbocycles. The van der Waals surface area contributed by atoms with Crippen LogP contribution in [0.1, 0.15) is 16.0 Å². The zero-order chi connectivity index (χ0) is 13.4. The number of hydrogen-bond donors (Lipinski definition) is 1. The molecule has 3 rings (SSSR count). The fourth-order valence-corrected chi connectivity index (χ4v) is 3.04. The quantitative estimate of drug-likeness (QED) is 0.693. The first-order valence-electron chi connectivity index (χ1n) is 6.12. The predicted molar refractivity (Wildman–Crippen MR) is 82.8 cm³/mol. The molecule has 0 atom stereocenters. The third-order valence-corrected chi connectivity index (χ3v) is 4.15. The van der Waals surface area contributed by atoms with E-state index in [1.54, 1.807) is 17.4 Å². The maximum atomic E-state index is 10.2. The number of aryl methyl sites for hydroxylation is 1. The first-order chi connectivity index (χ1) is 9.16. The normalized spacial score (nSPS) is 10.8. The van der Waals surface area contributed by atoms with Crippen LogP contribution in [0.2, 0.25) is 0 Å². The van der Waals surface area contributed by atoms with E-state index in [-0.39, 0.29) is 5.75 Å². The number of aromatic hydroxyl groups is 1. The van der Waals surface area contributed by atoms with Gasteiger partial charge in [0.25, 0.3) is 0 Å². The summed E-state index contributed by atoms with van der Waals surface area (Å²) in [5.41, 5.74) is 2.78. The van der Waals surface area contributed by atoms with Crippen molar-refractivity contribution >= 4 is 27.7 Å². The van der Waals surface area contributed by atoms with Crippen LogP contribution in [-0.2, 0) is 0 Å². The highest BCUT2D eigenvalue weighted by molar-refractivity contribution is 7.10. The predicted octanol–water partition coefficient (Wildman–Crippen LogP) is 4.98. The second kappa shape index (κ2) is 4.56. The lowest BCUT2D eigenvalue weighted by molar-refractivity contribution is 0.474. The molecule has 94 valence electrons. The van der Waals surface area contributed by atoms with Crippen molar-refractivity contribution in [1.29, 1.82) is 0 Å². The van der Waals surface area contributed by atoms with Gasteiger partial charge in [0.2, 0.25) is 0 Å². The molecule has 0 radical (unpaired) electrons. The smallest absolute Gasteiger partial charge is 0.124 e. The van der Waals surface area contributed by atoms with Gasteiger partial charge in [0.1, 0.15) is 5.75 Å². The lowest BCUT2D eigenvalue weighted by atomic mass is 9.95. The standard InChI is InChI=1S/C17H14OS/c1-11-9-14(10-19-11)12(2)17-15-6-4-3-5-13(15)7-8-16(17)18/h3-10,18H,2H2,1H3. The molecule has 1 aromatic heterocycles. The van der Waals surface area contributed by atoms with Crippen molar-refractivity contribution in [2.45, 2.75) is 6.92 Å². The van der Waals surface area contributed by atoms with Crippen LogP contribution in [0.5, 0.6) is 5.75 Å². The molecule has 0 aliphatic rings. The van der Waals surface area contributed by atoms with Gasteiger partial charge in [-0.3, -0.25) is 0 Å². The Morgan fingerprint density at radius 1 is 1.16 bits per heavy atom. The van der Waals surface area contributed by atoms with E-state index in [2.05, 4.69) is 24.9 Å². The number of hydrogen-bond acceptors (Lipinski definition) is 2. The van der Waals surface area contributed by atoms with Crippen LogP contribution in [0.25, 0.3) is 16.3 Å². The van der Waals surface area contributed by atoms with Gasteiger partial charge < -0.3 is 5.11 Å². The summed E-state index contributed by atoms with van der Waals surface area (Å²) in [5, 5.41) is 14.4. The van der Waals surface area contributed by atoms with E-state index in [9.17, 15) is 5.11 Å². The first kappa shape index (κ1) is 12.0. The van der Waals surface area contributed by atoms with Crippen LogP contribution in [0.4, 0.5) is 0 Å². The number of thiophene rings is 1. The van der Waals surface area contributed by atoms with Gasteiger partial charge in [-0.2, -0.15) is 0 Å². The number of benzene rings is 2. The summed E-state index contributed by atoms with van der Waals surface area (Å²) in [6.07, 6.45) is 0. The lowest BCUT2D eigenvalue weighted by Crippen LogP contribution is -1.88. The maximum Gasteiger partial charge on any atom is 0.124 e. The Hall–Kier alpha value is -2.06. The number of phenols is 1. The first-order valence-corrected chi connectivity index (χ1v) is 7.00. The highest BCUT2D eigenvalue weighted by Crippen LogP contribution is 2.36. The van der Waals surface area contributed by atoms with Crippen LogP contribution in [0.3, 0.4) is 0 Å². The topological polar surface area (TPSA) is 20.2 Å². The fourth-order valence-electron chi connectivity index (χ4n) is 2.32. The van der Waals surface area contributed by atoms with Gasteiger partial charge in [-0.25, -0.2) is 0 Å². The van der Waals surface area contributed by atoms with E-state index in [0.717, 1.165) is 27.5 Å². The van der Waals surface area contributed by atoms with Gasteiger partial charge in [0, 0.05) is 10.4 Å². The molecule has 0 saturated carbocycles. The average molecular weight is 266 g/mol. The molecule has 19 heavy (non-hydrogen) atoms. The third-order valence-electron chi connectivity index (χ3n) is 3.29. The molecule has 1 nitrogen and oxygen atoms in total. The second-order valence-electron chi connectivity index (χ2n) is 4.61. The highest BCUT2D eigenvalue weighted by Gasteiger charge is 2.12. The van der Waals surface area contributed by atoms with Gasteiger partial charge >= 0.3 is 0 Å². The van der Waals surface area contributed by atoms with E-state index < -0.39 is 0 Å². The van der Waals surface area contributed by atoms with E-state index in [4.69, 9.17) is 0 Å². The van der Waals surface area contributed by atoms with Gasteiger partial charge in [-0.05, 0) is 46.3 Å². The summed E-state index contributed by atoms with van der Waals surface area (Å²) in [7, 11) is 0. The zero-order valence-corrected chi connectivity index (χ0v) is 11.5. The summed E-state index contributed by atoms with van der Waals surface area (Å²) >= 11 is 1.70. The minimum atomic E-state index is 0.285. The van der Waals surface area contributed by atoms with Crippen molar-refractivity contribution in [3.05, 3.63) is 70.4 Å². The second-order valence-corrected chi connectivity index (χ2v) is 5.72. The Morgan fingerprint density at radius 3 is 2.68 bits per heavy atom. The fraction of sp³-hybridized carbons (Fsp3) is 0.0588. The summed E-state index contributed by atoms with van der Waals surface area (Å²) < 4.78 is 0. The summed E-state index contributed by atoms with van der Waals surface area (Å²) in [5.74, 6) is 0.285. The lowest BCUT2D eigenvalue weighted by Gasteiger charge is -2.11. The molecular weight excluding hydrogens is 252 g/mol. The molecule has 0 saturated heterocycles. The van der Waals surface area contributed by atoms with Crippen molar-refractivity contribution in [3.63, 3.8) is 0 Å². The van der Waals surface area contributed by atoms with Crippen LogP contribution < -0.4 is 0 Å². The molecule has 1 N–H and O–H groups in total. The van der Waals surface area contributed by atoms with E-state index >= 15 is 0 Å². The van der Waals surface area contributed by atoms with Gasteiger partial charge in [0.05, 0.1) is 0 Å². The molecule has 0 spiro atoms. The highest BCUT2D eigenvalue weighted by atomic mass is 32.1. The number of rotatable bonds is 2. The van der Waals surface area contributed by atoms with Crippen molar-refractivity contribution in [3.8, 4) is 5.75 Å². The zero-order valence-electron chi connectivity index (χ0n) is 10.7. The molecule has 0 aliphatic carbocycles. The van der Waals surface area contributed by atoms with Crippen LogP contribution >= 0.6 is 11.3 Å². The summed E-state index contributed by atoms with van der Waals surface area (Å²) in [6.45, 7) is 6.24. The molecule has 0 amide bonds. The molecular formula is C17H14OS. The van der Waals surface area contributed by atoms with Crippen molar-refractivity contribution in [2.75, 3.05) is 0 Å². The maximum absolute atomic E-state index is 10.2. The third kappa shape index (κ3) is 2.04. The van der Waals surface area contributed by atoms with Crippen LogP contribution in [0, 0.1) is 6.92 Å². The molecule has 2 heteroatoms. The summed E-state index contributed by atoms with van der Waals surface area (Å²) in [4.78, 5) is 1.25. The molecule has 0 bridgehead atoms. The van der Waals surface area contributed by atoms with Crippen LogP contribution in [-0.4, -0.2) is 5.11 Å². The summed E-state index contributed by atoms with van der Waals surface area (Å²) in [6, 6.07) is 13.8. The van der Waals surface area contributed by atoms with Gasteiger partial charge in [0.15, 0.2) is 0 Å². The minimum Gasteiger partial charge on any atom is -0.507 e. The average Bonchev–Trinajstić information content (AvgIpc) is 2.85. The van der Waals surface area contributed by atoms with Gasteiger partial charge in [-0.1, -0.05) is 36.9 Å². The molecule has 0 aliphatic heterocycles. The minimum absolute atomic E-state index is 0.285. The molecule has 0 fully saturated rings.